The van der Waals surface area contributed by atoms with Gasteiger partial charge in [-0.25, -0.2) is 0 Å². The van der Waals surface area contributed by atoms with Crippen molar-refractivity contribution in [2.75, 3.05) is 20.6 Å². The molecule has 1 N–H and O–H groups in total. The van der Waals surface area contributed by atoms with Gasteiger partial charge in [0.05, 0.1) is 5.92 Å². The zero-order chi connectivity index (χ0) is 17.7. The molecule has 1 aromatic heterocycles. The molecule has 2 aromatic rings. The molecule has 1 heterocycles. The Morgan fingerprint density at radius 3 is 2.42 bits per heavy atom. The first-order chi connectivity index (χ1) is 11.3. The van der Waals surface area contributed by atoms with Crippen molar-refractivity contribution in [2.45, 2.75) is 38.6 Å². The van der Waals surface area contributed by atoms with Gasteiger partial charge < -0.3 is 10.2 Å². The smallest absolute Gasteiger partial charge is 0.227 e. The third kappa shape index (κ3) is 4.92. The van der Waals surface area contributed by atoms with E-state index in [1.807, 2.05) is 20.2 Å². The van der Waals surface area contributed by atoms with Crippen LogP contribution in [0.5, 0.6) is 0 Å². The first-order valence-electron chi connectivity index (χ1n) is 8.33. The van der Waals surface area contributed by atoms with Crippen LogP contribution in [0.3, 0.4) is 0 Å². The van der Waals surface area contributed by atoms with E-state index >= 15 is 0 Å². The molecule has 130 valence electrons. The highest BCUT2D eigenvalue weighted by Gasteiger charge is 2.25. The lowest BCUT2D eigenvalue weighted by Crippen LogP contribution is -2.49. The van der Waals surface area contributed by atoms with Crippen molar-refractivity contribution in [1.29, 1.82) is 0 Å². The summed E-state index contributed by atoms with van der Waals surface area (Å²) >= 11 is 1.71. The van der Waals surface area contributed by atoms with Crippen molar-refractivity contribution in [3.8, 4) is 0 Å². The fourth-order valence-corrected chi connectivity index (χ4v) is 3.13. The van der Waals surface area contributed by atoms with E-state index in [0.29, 0.717) is 6.54 Å². The fraction of sp³-hybridized carbons (Fsp3) is 0.450. The molecule has 0 spiro atoms. The van der Waals surface area contributed by atoms with E-state index in [1.165, 1.54) is 10.4 Å². The molecule has 0 aliphatic heterocycles. The third-order valence-corrected chi connectivity index (χ3v) is 5.59. The van der Waals surface area contributed by atoms with Crippen LogP contribution in [0.4, 0.5) is 0 Å². The van der Waals surface area contributed by atoms with E-state index in [2.05, 4.69) is 66.7 Å². The van der Waals surface area contributed by atoms with Crippen molar-refractivity contribution in [2.24, 2.45) is 0 Å². The van der Waals surface area contributed by atoms with Gasteiger partial charge >= 0.3 is 0 Å². The largest absolute Gasteiger partial charge is 0.354 e. The van der Waals surface area contributed by atoms with Crippen LogP contribution in [0.2, 0.25) is 0 Å². The average Bonchev–Trinajstić information content (AvgIpc) is 3.04. The topological polar surface area (TPSA) is 32.3 Å². The van der Waals surface area contributed by atoms with Crippen molar-refractivity contribution in [1.82, 2.24) is 10.2 Å². The van der Waals surface area contributed by atoms with Crippen molar-refractivity contribution in [3.05, 3.63) is 57.8 Å². The Kier molecular flexibility index (Phi) is 6.19. The van der Waals surface area contributed by atoms with Gasteiger partial charge in [0, 0.05) is 17.0 Å². The number of hydrogen-bond donors (Lipinski definition) is 1. The van der Waals surface area contributed by atoms with Crippen LogP contribution in [-0.2, 0) is 11.2 Å². The summed E-state index contributed by atoms with van der Waals surface area (Å²) in [6.07, 6.45) is 0.745. The molecule has 4 heteroatoms. The van der Waals surface area contributed by atoms with Crippen LogP contribution in [0, 0.1) is 6.92 Å². The molecular weight excluding hydrogens is 316 g/mol. The second-order valence-corrected chi connectivity index (χ2v) is 8.20. The van der Waals surface area contributed by atoms with Gasteiger partial charge in [0.2, 0.25) is 5.91 Å². The van der Waals surface area contributed by atoms with Gasteiger partial charge in [0.25, 0.3) is 0 Å². The van der Waals surface area contributed by atoms with E-state index < -0.39 is 0 Å². The molecule has 0 radical (unpaired) electrons. The normalized spacial score (nSPS) is 13.1. The number of amides is 1. The lowest BCUT2D eigenvalue weighted by atomic mass is 9.93. The number of aryl methyl sites for hydroxylation is 1. The Hall–Kier alpha value is -1.65. The van der Waals surface area contributed by atoms with Crippen molar-refractivity contribution < 1.29 is 4.79 Å². The first-order valence-corrected chi connectivity index (χ1v) is 9.21. The lowest BCUT2D eigenvalue weighted by Gasteiger charge is -2.33. The molecule has 1 aromatic carbocycles. The molecule has 1 atom stereocenters. The highest BCUT2D eigenvalue weighted by molar-refractivity contribution is 7.09. The maximum Gasteiger partial charge on any atom is 0.227 e. The molecule has 0 saturated heterocycles. The lowest BCUT2D eigenvalue weighted by molar-refractivity contribution is -0.123. The zero-order valence-electron chi connectivity index (χ0n) is 15.3. The molecule has 1 unspecified atom stereocenters. The van der Waals surface area contributed by atoms with Gasteiger partial charge in [-0.05, 0) is 58.3 Å². The molecule has 0 saturated carbocycles. The minimum atomic E-state index is -0.151. The first kappa shape index (κ1) is 18.7. The van der Waals surface area contributed by atoms with Gasteiger partial charge in [-0.2, -0.15) is 0 Å². The number of hydrogen-bond acceptors (Lipinski definition) is 3. The van der Waals surface area contributed by atoms with Gasteiger partial charge in [0.1, 0.15) is 0 Å². The summed E-state index contributed by atoms with van der Waals surface area (Å²) in [6, 6.07) is 12.4. The van der Waals surface area contributed by atoms with Gasteiger partial charge in [-0.3, -0.25) is 4.79 Å². The Morgan fingerprint density at radius 2 is 1.88 bits per heavy atom. The number of nitrogens with zero attached hydrogens (tertiary/aromatic N) is 1. The number of thiophene rings is 1. The van der Waals surface area contributed by atoms with Crippen LogP contribution in [0.1, 0.15) is 35.8 Å². The maximum atomic E-state index is 12.9. The summed E-state index contributed by atoms with van der Waals surface area (Å²) in [7, 11) is 4.07. The van der Waals surface area contributed by atoms with E-state index in [9.17, 15) is 4.79 Å². The predicted molar refractivity (Wildman–Crippen MR) is 103 cm³/mol. The predicted octanol–water partition coefficient (Wildman–Crippen LogP) is 3.84. The molecular formula is C20H28N2OS. The standard InChI is InChI=1S/C20H28N2OS/c1-15-8-10-16(11-9-15)18(13-17-7-6-12-24-17)19(23)21-14-20(2,3)22(4)5/h6-12,18H,13-14H2,1-5H3,(H,21,23). The summed E-state index contributed by atoms with van der Waals surface area (Å²) in [5.74, 6) is -0.0515. The number of benzene rings is 1. The summed E-state index contributed by atoms with van der Waals surface area (Å²) < 4.78 is 0. The van der Waals surface area contributed by atoms with E-state index in [0.717, 1.165) is 12.0 Å². The second kappa shape index (κ2) is 7.95. The number of carbonyl (C=O) groups excluding carboxylic acids is 1. The Balaban J connectivity index is 2.15. The summed E-state index contributed by atoms with van der Waals surface area (Å²) in [6.45, 7) is 6.96. The van der Waals surface area contributed by atoms with Gasteiger partial charge in [-0.1, -0.05) is 35.9 Å². The fourth-order valence-electron chi connectivity index (χ4n) is 2.38. The van der Waals surface area contributed by atoms with Crippen LogP contribution in [0.25, 0.3) is 0 Å². The van der Waals surface area contributed by atoms with E-state index in [1.54, 1.807) is 11.3 Å². The molecule has 2 rings (SSSR count). The Labute approximate surface area is 149 Å². The minimum Gasteiger partial charge on any atom is -0.354 e. The van der Waals surface area contributed by atoms with Crippen molar-refractivity contribution >= 4 is 17.2 Å². The number of nitrogens with one attached hydrogen (secondary N) is 1. The minimum absolute atomic E-state index is 0.0730. The number of likely N-dealkylation sites (N-methyl/N-ethyl adjacent to an activating group) is 1. The quantitative estimate of drug-likeness (QED) is 0.828. The van der Waals surface area contributed by atoms with Crippen molar-refractivity contribution in [3.63, 3.8) is 0 Å². The molecule has 0 fully saturated rings. The Morgan fingerprint density at radius 1 is 1.21 bits per heavy atom. The summed E-state index contributed by atoms with van der Waals surface area (Å²) in [5, 5.41) is 5.22. The van der Waals surface area contributed by atoms with Crippen LogP contribution >= 0.6 is 11.3 Å². The van der Waals surface area contributed by atoms with Crippen LogP contribution in [-0.4, -0.2) is 37.0 Å². The van der Waals surface area contributed by atoms with Crippen LogP contribution < -0.4 is 5.32 Å². The molecule has 0 aliphatic rings. The molecule has 3 nitrogen and oxygen atoms in total. The van der Waals surface area contributed by atoms with Crippen LogP contribution in [0.15, 0.2) is 41.8 Å². The summed E-state index contributed by atoms with van der Waals surface area (Å²) in [4.78, 5) is 16.3. The highest BCUT2D eigenvalue weighted by atomic mass is 32.1. The molecule has 0 aliphatic carbocycles. The second-order valence-electron chi connectivity index (χ2n) is 7.17. The van der Waals surface area contributed by atoms with E-state index in [4.69, 9.17) is 0 Å². The maximum absolute atomic E-state index is 12.9. The average molecular weight is 345 g/mol. The monoisotopic (exact) mass is 344 g/mol. The Bertz CT molecular complexity index is 645. The number of rotatable bonds is 7. The van der Waals surface area contributed by atoms with Gasteiger partial charge in [0.15, 0.2) is 0 Å². The SMILES string of the molecule is Cc1ccc(C(Cc2cccs2)C(=O)NCC(C)(C)N(C)C)cc1. The summed E-state index contributed by atoms with van der Waals surface area (Å²) in [5.41, 5.74) is 2.22. The molecule has 0 bridgehead atoms. The third-order valence-electron chi connectivity index (χ3n) is 4.69. The van der Waals surface area contributed by atoms with Gasteiger partial charge in [-0.15, -0.1) is 11.3 Å². The highest BCUT2D eigenvalue weighted by Crippen LogP contribution is 2.24. The molecule has 24 heavy (non-hydrogen) atoms. The molecule has 1 amide bonds. The van der Waals surface area contributed by atoms with E-state index in [-0.39, 0.29) is 17.4 Å². The number of carbonyl (C=O) groups is 1. The zero-order valence-corrected chi connectivity index (χ0v) is 16.1.